The van der Waals surface area contributed by atoms with Crippen molar-refractivity contribution in [1.82, 2.24) is 0 Å². The van der Waals surface area contributed by atoms with Crippen LogP contribution in [0.1, 0.15) is 53.9 Å². The van der Waals surface area contributed by atoms with Crippen molar-refractivity contribution in [3.05, 3.63) is 0 Å². The second-order valence-corrected chi connectivity index (χ2v) is 9.76. The summed E-state index contributed by atoms with van der Waals surface area (Å²) in [6, 6.07) is 1.98. The molecule has 0 fully saturated rings. The highest BCUT2D eigenvalue weighted by Crippen LogP contribution is 2.20. The number of hydrogen-bond donors (Lipinski definition) is 0. The summed E-state index contributed by atoms with van der Waals surface area (Å²) < 4.78 is 29.0. The number of rotatable bonds is 16. The predicted molar refractivity (Wildman–Crippen MR) is 94.5 cm³/mol. The van der Waals surface area contributed by atoms with Crippen molar-refractivity contribution in [1.29, 1.82) is 0 Å². The molecule has 0 aromatic rings. The topological polar surface area (TPSA) is 46.2 Å². The van der Waals surface area contributed by atoms with Gasteiger partial charge in [-0.2, -0.15) is 0 Å². The molecule has 5 nitrogen and oxygen atoms in total. The van der Waals surface area contributed by atoms with Gasteiger partial charge in [0.25, 0.3) is 0 Å². The van der Waals surface area contributed by atoms with E-state index in [0.29, 0.717) is 19.8 Å². The van der Waals surface area contributed by atoms with E-state index >= 15 is 0 Å². The van der Waals surface area contributed by atoms with Gasteiger partial charge in [0.1, 0.15) is 0 Å². The van der Waals surface area contributed by atoms with Crippen LogP contribution in [-0.4, -0.2) is 51.1 Å². The fourth-order valence-corrected chi connectivity index (χ4v) is 6.90. The van der Waals surface area contributed by atoms with Gasteiger partial charge >= 0.3 is 18.1 Å². The second-order valence-electron chi connectivity index (χ2n) is 4.92. The van der Waals surface area contributed by atoms with E-state index < -0.39 is 18.1 Å². The highest BCUT2D eigenvalue weighted by atomic mass is 28.4. The van der Waals surface area contributed by atoms with Gasteiger partial charge < -0.3 is 22.1 Å². The molecule has 7 heteroatoms. The molecule has 0 aromatic carbocycles. The zero-order chi connectivity index (χ0) is 16.7. The first-order chi connectivity index (χ1) is 10.7. The van der Waals surface area contributed by atoms with Crippen LogP contribution in [0.4, 0.5) is 0 Å². The molecule has 0 saturated heterocycles. The maximum absolute atomic E-state index is 5.87. The Labute approximate surface area is 139 Å². The molecule has 0 rings (SSSR count). The van der Waals surface area contributed by atoms with Crippen molar-refractivity contribution < 1.29 is 22.1 Å². The van der Waals surface area contributed by atoms with Crippen LogP contribution in [0.25, 0.3) is 0 Å². The normalized spacial score (nSPS) is 12.3. The van der Waals surface area contributed by atoms with E-state index in [4.69, 9.17) is 22.1 Å². The Bertz CT molecular complexity index is 221. The lowest BCUT2D eigenvalue weighted by molar-refractivity contribution is 0.0707. The molecule has 0 N–H and O–H groups in total. The standard InChI is InChI=1S/C15H36O5Si2/c1-6-16-21(17-7-2)14-12-11-13-15-22(18-8-3,19-9-4)20-10-5/h21H,6-15H2,1-5H3. The largest absolute Gasteiger partial charge is 0.500 e. The van der Waals surface area contributed by atoms with Gasteiger partial charge in [0, 0.05) is 39.1 Å². The molecule has 0 aliphatic carbocycles. The molecule has 134 valence electrons. The first kappa shape index (κ1) is 22.2. The minimum atomic E-state index is -2.45. The molecule has 0 aromatic heterocycles. The molecule has 0 atom stereocenters. The number of unbranched alkanes of at least 4 members (excludes halogenated alkanes) is 2. The van der Waals surface area contributed by atoms with E-state index in [2.05, 4.69) is 0 Å². The van der Waals surface area contributed by atoms with Crippen molar-refractivity contribution in [2.24, 2.45) is 0 Å². The van der Waals surface area contributed by atoms with Crippen molar-refractivity contribution in [2.45, 2.75) is 66.0 Å². The fraction of sp³-hybridized carbons (Fsp3) is 1.00. The second kappa shape index (κ2) is 14.8. The Balaban J connectivity index is 4.09. The molecule has 0 aliphatic heterocycles. The van der Waals surface area contributed by atoms with Gasteiger partial charge in [-0.05, 0) is 47.1 Å². The molecule has 0 heterocycles. The Morgan fingerprint density at radius 1 is 0.636 bits per heavy atom. The summed E-state index contributed by atoms with van der Waals surface area (Å²) >= 11 is 0. The van der Waals surface area contributed by atoms with Gasteiger partial charge in [-0.1, -0.05) is 12.8 Å². The summed E-state index contributed by atoms with van der Waals surface area (Å²) in [7, 11) is -3.90. The number of hydrogen-bond acceptors (Lipinski definition) is 5. The average molecular weight is 353 g/mol. The third-order valence-electron chi connectivity index (χ3n) is 3.22. The molecule has 0 saturated carbocycles. The lowest BCUT2D eigenvalue weighted by Gasteiger charge is -2.28. The molecule has 0 radical (unpaired) electrons. The fourth-order valence-electron chi connectivity index (χ4n) is 2.42. The Hall–Kier alpha value is 0.234. The zero-order valence-corrected chi connectivity index (χ0v) is 17.3. The zero-order valence-electron chi connectivity index (χ0n) is 15.2. The van der Waals surface area contributed by atoms with E-state index in [1.165, 1.54) is 0 Å². The molecule has 0 bridgehead atoms. The van der Waals surface area contributed by atoms with Crippen LogP contribution < -0.4 is 0 Å². The molecule has 0 amide bonds. The van der Waals surface area contributed by atoms with Crippen LogP contribution in [0.3, 0.4) is 0 Å². The predicted octanol–water partition coefficient (Wildman–Crippen LogP) is 3.50. The maximum Gasteiger partial charge on any atom is 0.500 e. The van der Waals surface area contributed by atoms with Gasteiger partial charge in [0.05, 0.1) is 0 Å². The Morgan fingerprint density at radius 2 is 1.14 bits per heavy atom. The van der Waals surface area contributed by atoms with Gasteiger partial charge in [-0.25, -0.2) is 0 Å². The Morgan fingerprint density at radius 3 is 1.55 bits per heavy atom. The molecule has 0 unspecified atom stereocenters. The van der Waals surface area contributed by atoms with Crippen LogP contribution in [0.5, 0.6) is 0 Å². The molecule has 0 spiro atoms. The van der Waals surface area contributed by atoms with Crippen LogP contribution in [0, 0.1) is 0 Å². The van der Waals surface area contributed by atoms with E-state index in [9.17, 15) is 0 Å². The van der Waals surface area contributed by atoms with Gasteiger partial charge in [0.2, 0.25) is 0 Å². The maximum atomic E-state index is 5.87. The lowest BCUT2D eigenvalue weighted by atomic mass is 10.3. The van der Waals surface area contributed by atoms with E-state index in [-0.39, 0.29) is 0 Å². The third kappa shape index (κ3) is 10.1. The van der Waals surface area contributed by atoms with Crippen LogP contribution in [0.2, 0.25) is 12.1 Å². The summed E-state index contributed by atoms with van der Waals surface area (Å²) in [5, 5.41) is 0. The summed E-state index contributed by atoms with van der Waals surface area (Å²) in [4.78, 5) is 0. The highest BCUT2D eigenvalue weighted by Gasteiger charge is 2.39. The smallest absolute Gasteiger partial charge is 0.397 e. The molecule has 22 heavy (non-hydrogen) atoms. The summed E-state index contributed by atoms with van der Waals surface area (Å²) in [6.07, 6.45) is 3.36. The van der Waals surface area contributed by atoms with Crippen LogP contribution in [-0.2, 0) is 22.1 Å². The summed E-state index contributed by atoms with van der Waals surface area (Å²) in [6.45, 7) is 13.5. The third-order valence-corrected chi connectivity index (χ3v) is 8.66. The molecular weight excluding hydrogens is 316 g/mol. The van der Waals surface area contributed by atoms with E-state index in [0.717, 1.165) is 44.6 Å². The quantitative estimate of drug-likeness (QED) is 0.314. The van der Waals surface area contributed by atoms with Crippen LogP contribution in [0.15, 0.2) is 0 Å². The SMILES string of the molecule is CCO[SiH](CCCCC[Si](OCC)(OCC)OCC)OCC. The van der Waals surface area contributed by atoms with Crippen LogP contribution >= 0.6 is 0 Å². The van der Waals surface area contributed by atoms with Gasteiger partial charge in [0.15, 0.2) is 0 Å². The molecule has 0 aliphatic rings. The first-order valence-electron chi connectivity index (χ1n) is 8.82. The van der Waals surface area contributed by atoms with E-state index in [1.807, 2.05) is 34.6 Å². The molecular formula is C15H36O5Si2. The lowest BCUT2D eigenvalue weighted by Crippen LogP contribution is -2.45. The highest BCUT2D eigenvalue weighted by molar-refractivity contribution is 6.60. The first-order valence-corrected chi connectivity index (χ1v) is 12.5. The Kier molecular flexibility index (Phi) is 15.0. The summed E-state index contributed by atoms with van der Waals surface area (Å²) in [5.74, 6) is 0. The minimum Gasteiger partial charge on any atom is -0.397 e. The average Bonchev–Trinajstić information content (AvgIpc) is 2.48. The minimum absolute atomic E-state index is 0.649. The van der Waals surface area contributed by atoms with Crippen molar-refractivity contribution in [2.75, 3.05) is 33.0 Å². The summed E-state index contributed by atoms with van der Waals surface area (Å²) in [5.41, 5.74) is 0. The van der Waals surface area contributed by atoms with E-state index in [1.54, 1.807) is 0 Å². The van der Waals surface area contributed by atoms with Crippen molar-refractivity contribution in [3.63, 3.8) is 0 Å². The monoisotopic (exact) mass is 352 g/mol. The van der Waals surface area contributed by atoms with Crippen molar-refractivity contribution >= 4 is 18.1 Å². The van der Waals surface area contributed by atoms with Gasteiger partial charge in [-0.3, -0.25) is 0 Å². The van der Waals surface area contributed by atoms with Crippen molar-refractivity contribution in [3.8, 4) is 0 Å². The van der Waals surface area contributed by atoms with Gasteiger partial charge in [-0.15, -0.1) is 0 Å².